The van der Waals surface area contributed by atoms with Crippen LogP contribution in [0.2, 0.25) is 0 Å². The summed E-state index contributed by atoms with van der Waals surface area (Å²) in [6.45, 7) is 7.05. The standard InChI is InChI=1S/C50H82O22/c1-20(18-64-45-41(62)38(59)35(56)30(15-51)68-45)5-8-28-21(2)33-29(67-28)14-26-24-7-6-22-13-23(9-11-49(22,3)25(24)10-12-50(26,33)4)66-48-44(72-47-42(63)39(60)36(57)31(16-52)69-47)43(37(58)32(17-53)70-48)71-46-40(61)34(55)27(54)19-65-46/h20,22-27,29-48,51-63H,5-19H2,1-4H3/t20-,22+,23-,24+,25-,26-,27+,29-,30+,31+,32+,33-,34-,35+,36+,37-,38-,39-,40+,41+,42+,43-,44+,45+,46-,47-,48+,49-,50-/m0/s1. The quantitative estimate of drug-likeness (QED) is 0.0763. The lowest BCUT2D eigenvalue weighted by molar-refractivity contribution is -0.392. The maximum Gasteiger partial charge on any atom is 0.187 e. The van der Waals surface area contributed by atoms with Crippen LogP contribution in [-0.4, -0.2) is 228 Å². The molecule has 0 spiro atoms. The van der Waals surface area contributed by atoms with Gasteiger partial charge in [-0.3, -0.25) is 0 Å². The molecule has 0 aromatic heterocycles. The van der Waals surface area contributed by atoms with Crippen LogP contribution in [0.1, 0.15) is 91.9 Å². The minimum absolute atomic E-state index is 0.0154. The molecule has 0 bridgehead atoms. The fourth-order valence-electron chi connectivity index (χ4n) is 14.9. The molecule has 13 N–H and O–H groups in total. The minimum Gasteiger partial charge on any atom is -0.494 e. The van der Waals surface area contributed by atoms with E-state index in [1.807, 2.05) is 6.92 Å². The SMILES string of the molecule is CC1=C(CC[C@H](C)CO[C@@H]2O[C@H](CO)[C@@H](O)[C@H](O)[C@H]2O)O[C@H]2C[C@H]3[C@@H]4CC[C@@H]5C[C@@H](O[C@@H]6O[C@H](CO)[C@H](O)[C@H](O[C@@H]7OC[C@@H](O)[C@H](O)[C@H]7O)[C@H]6O[C@@H]6O[C@H](CO)[C@@H](O)[C@H](O)[C@H]6O)CC[C@]5(C)[C@H]4CC[C@]3(C)[C@@H]12. The van der Waals surface area contributed by atoms with Crippen molar-refractivity contribution in [2.45, 2.75) is 221 Å². The zero-order valence-electron chi connectivity index (χ0n) is 41.7. The molecule has 72 heavy (non-hydrogen) atoms. The molecule has 0 aromatic carbocycles. The summed E-state index contributed by atoms with van der Waals surface area (Å²) < 4.78 is 54.7. The van der Waals surface area contributed by atoms with Gasteiger partial charge in [-0.05, 0) is 111 Å². The van der Waals surface area contributed by atoms with Crippen molar-refractivity contribution in [1.82, 2.24) is 0 Å². The Labute approximate surface area is 419 Å². The zero-order chi connectivity index (χ0) is 51.7. The van der Waals surface area contributed by atoms with Gasteiger partial charge >= 0.3 is 0 Å². The lowest BCUT2D eigenvalue weighted by Crippen LogP contribution is -2.67. The predicted molar refractivity (Wildman–Crippen MR) is 244 cm³/mol. The Hall–Kier alpha value is -1.30. The smallest absolute Gasteiger partial charge is 0.187 e. The summed E-state index contributed by atoms with van der Waals surface area (Å²) >= 11 is 0. The molecule has 414 valence electrons. The van der Waals surface area contributed by atoms with Crippen molar-refractivity contribution in [2.24, 2.45) is 46.3 Å². The van der Waals surface area contributed by atoms with E-state index in [0.29, 0.717) is 36.5 Å². The highest BCUT2D eigenvalue weighted by atomic mass is 16.8. The second-order valence-electron chi connectivity index (χ2n) is 23.2. The average molecular weight is 1040 g/mol. The Morgan fingerprint density at radius 1 is 0.597 bits per heavy atom. The minimum atomic E-state index is -1.85. The van der Waals surface area contributed by atoms with E-state index in [1.54, 1.807) is 0 Å². The van der Waals surface area contributed by atoms with Crippen molar-refractivity contribution in [1.29, 1.82) is 0 Å². The zero-order valence-corrected chi connectivity index (χ0v) is 41.7. The van der Waals surface area contributed by atoms with Gasteiger partial charge in [-0.1, -0.05) is 20.8 Å². The Morgan fingerprint density at radius 3 is 1.88 bits per heavy atom. The van der Waals surface area contributed by atoms with Gasteiger partial charge in [0.2, 0.25) is 0 Å². The van der Waals surface area contributed by atoms with Gasteiger partial charge in [-0.25, -0.2) is 0 Å². The lowest BCUT2D eigenvalue weighted by Gasteiger charge is -2.61. The molecule has 9 aliphatic rings. The molecule has 0 amide bonds. The number of rotatable bonds is 15. The lowest BCUT2D eigenvalue weighted by atomic mass is 9.44. The molecule has 22 nitrogen and oxygen atoms in total. The summed E-state index contributed by atoms with van der Waals surface area (Å²) in [5, 5.41) is 136. The molecule has 0 aromatic rings. The van der Waals surface area contributed by atoms with Gasteiger partial charge in [-0.2, -0.15) is 0 Å². The van der Waals surface area contributed by atoms with E-state index >= 15 is 0 Å². The van der Waals surface area contributed by atoms with Crippen molar-refractivity contribution in [3.63, 3.8) is 0 Å². The van der Waals surface area contributed by atoms with E-state index < -0.39 is 149 Å². The number of hydrogen-bond donors (Lipinski definition) is 13. The van der Waals surface area contributed by atoms with Gasteiger partial charge in [0.1, 0.15) is 97.7 Å². The van der Waals surface area contributed by atoms with Crippen LogP contribution in [0, 0.1) is 46.3 Å². The highest BCUT2D eigenvalue weighted by molar-refractivity contribution is 5.27. The summed E-state index contributed by atoms with van der Waals surface area (Å²) in [6.07, 6.45) is -20.3. The van der Waals surface area contributed by atoms with Gasteiger partial charge in [0.25, 0.3) is 0 Å². The van der Waals surface area contributed by atoms with Crippen LogP contribution in [0.25, 0.3) is 0 Å². The van der Waals surface area contributed by atoms with Crippen molar-refractivity contribution >= 4 is 0 Å². The molecule has 9 rings (SSSR count). The molecule has 22 heteroatoms. The first kappa shape index (κ1) is 55.5. The Kier molecular flexibility index (Phi) is 17.1. The first-order valence-corrected chi connectivity index (χ1v) is 26.4. The van der Waals surface area contributed by atoms with E-state index in [-0.39, 0.29) is 35.4 Å². The highest BCUT2D eigenvalue weighted by Crippen LogP contribution is 2.70. The molecular formula is C50H82O22. The summed E-state index contributed by atoms with van der Waals surface area (Å²) in [7, 11) is 0. The van der Waals surface area contributed by atoms with Crippen LogP contribution < -0.4 is 0 Å². The topological polar surface area (TPSA) is 346 Å². The molecule has 5 aliphatic heterocycles. The molecule has 0 radical (unpaired) electrons. The fraction of sp³-hybridized carbons (Fsp3) is 0.960. The Bertz CT molecular complexity index is 1840. The predicted octanol–water partition coefficient (Wildman–Crippen LogP) is -2.37. The third kappa shape index (κ3) is 10.1. The van der Waals surface area contributed by atoms with E-state index in [4.69, 9.17) is 42.6 Å². The first-order valence-electron chi connectivity index (χ1n) is 26.4. The summed E-state index contributed by atoms with van der Waals surface area (Å²) in [6, 6.07) is 0. The normalized spacial score (nSPS) is 53.0. The van der Waals surface area contributed by atoms with Crippen LogP contribution in [0.15, 0.2) is 11.3 Å². The van der Waals surface area contributed by atoms with Gasteiger partial charge in [-0.15, -0.1) is 0 Å². The number of aliphatic hydroxyl groups excluding tert-OH is 13. The van der Waals surface area contributed by atoms with E-state index in [9.17, 15) is 66.4 Å². The number of ether oxygens (including phenoxy) is 9. The molecule has 0 unspecified atom stereocenters. The second kappa shape index (κ2) is 22.2. The van der Waals surface area contributed by atoms with Gasteiger partial charge in [0.15, 0.2) is 25.2 Å². The molecule has 29 atom stereocenters. The molecule has 4 saturated heterocycles. The molecule has 5 heterocycles. The largest absolute Gasteiger partial charge is 0.494 e. The van der Waals surface area contributed by atoms with E-state index in [1.165, 1.54) is 5.57 Å². The number of fused-ring (bicyclic) bond motifs is 7. The molecule has 4 aliphatic carbocycles. The summed E-state index contributed by atoms with van der Waals surface area (Å²) in [5.41, 5.74) is 1.42. The maximum atomic E-state index is 11.6. The van der Waals surface area contributed by atoms with Gasteiger partial charge in [0.05, 0.1) is 44.9 Å². The van der Waals surface area contributed by atoms with E-state index in [0.717, 1.165) is 57.1 Å². The Morgan fingerprint density at radius 2 is 1.19 bits per heavy atom. The summed E-state index contributed by atoms with van der Waals surface area (Å²) in [4.78, 5) is 0. The van der Waals surface area contributed by atoms with Crippen molar-refractivity contribution < 1.29 is 109 Å². The van der Waals surface area contributed by atoms with Gasteiger partial charge < -0.3 is 109 Å². The average Bonchev–Trinajstić information content (AvgIpc) is 3.85. The van der Waals surface area contributed by atoms with Crippen LogP contribution in [0.4, 0.5) is 0 Å². The highest BCUT2D eigenvalue weighted by Gasteiger charge is 2.65. The molecule has 4 saturated carbocycles. The molecule has 8 fully saturated rings. The monoisotopic (exact) mass is 1030 g/mol. The Balaban J connectivity index is 0.847. The van der Waals surface area contributed by atoms with Crippen LogP contribution >= 0.6 is 0 Å². The number of hydrogen-bond acceptors (Lipinski definition) is 22. The van der Waals surface area contributed by atoms with Gasteiger partial charge in [0, 0.05) is 12.3 Å². The third-order valence-corrected chi connectivity index (χ3v) is 19.1. The maximum absolute atomic E-state index is 11.6. The van der Waals surface area contributed by atoms with Crippen LogP contribution in [-0.2, 0) is 42.6 Å². The van der Waals surface area contributed by atoms with Crippen molar-refractivity contribution in [3.05, 3.63) is 11.3 Å². The van der Waals surface area contributed by atoms with Crippen LogP contribution in [0.5, 0.6) is 0 Å². The fourth-order valence-corrected chi connectivity index (χ4v) is 14.9. The van der Waals surface area contributed by atoms with Crippen LogP contribution in [0.3, 0.4) is 0 Å². The molecular weight excluding hydrogens is 953 g/mol. The summed E-state index contributed by atoms with van der Waals surface area (Å²) in [5.74, 6) is 3.22. The van der Waals surface area contributed by atoms with Crippen molar-refractivity contribution in [3.8, 4) is 0 Å². The van der Waals surface area contributed by atoms with Crippen molar-refractivity contribution in [2.75, 3.05) is 33.0 Å². The van der Waals surface area contributed by atoms with E-state index in [2.05, 4.69) is 20.8 Å². The second-order valence-corrected chi connectivity index (χ2v) is 23.2. The third-order valence-electron chi connectivity index (χ3n) is 19.1. The number of allylic oxidation sites excluding steroid dienone is 1. The number of aliphatic hydroxyl groups is 13. The first-order chi connectivity index (χ1) is 34.2.